The molecule has 3 rings (SSSR count). The van der Waals surface area contributed by atoms with E-state index in [9.17, 15) is 9.18 Å². The van der Waals surface area contributed by atoms with Crippen LogP contribution in [0.15, 0.2) is 53.7 Å². The molecular formula is C22H22FN5O3S. The highest BCUT2D eigenvalue weighted by Crippen LogP contribution is 2.25. The Kier molecular flexibility index (Phi) is 8.05. The van der Waals surface area contributed by atoms with Crippen LogP contribution in [0.3, 0.4) is 0 Å². The molecule has 8 nitrogen and oxygen atoms in total. The van der Waals surface area contributed by atoms with Gasteiger partial charge in [-0.1, -0.05) is 23.9 Å². The third kappa shape index (κ3) is 5.76. The maximum atomic E-state index is 14.6. The molecule has 2 aromatic carbocycles. The molecule has 1 aromatic heterocycles. The monoisotopic (exact) mass is 455 g/mol. The minimum atomic E-state index is -0.447. The van der Waals surface area contributed by atoms with Crippen LogP contribution in [-0.2, 0) is 11.4 Å². The molecular weight excluding hydrogens is 433 g/mol. The van der Waals surface area contributed by atoms with Crippen molar-refractivity contribution in [3.05, 3.63) is 60.2 Å². The number of carbonyl (C=O) groups is 1. The molecule has 0 saturated heterocycles. The lowest BCUT2D eigenvalue weighted by atomic mass is 10.3. The fourth-order valence-corrected chi connectivity index (χ4v) is 3.67. The van der Waals surface area contributed by atoms with Gasteiger partial charge in [-0.15, -0.1) is 10.2 Å². The fraction of sp³-hybridized carbons (Fsp3) is 0.273. The molecule has 32 heavy (non-hydrogen) atoms. The maximum Gasteiger partial charge on any atom is 0.232 e. The molecule has 166 valence electrons. The number of benzene rings is 2. The highest BCUT2D eigenvalue weighted by Gasteiger charge is 2.19. The van der Waals surface area contributed by atoms with E-state index in [1.807, 2.05) is 6.07 Å². The molecule has 0 fully saturated rings. The van der Waals surface area contributed by atoms with Crippen molar-refractivity contribution in [1.29, 1.82) is 5.26 Å². The van der Waals surface area contributed by atoms with Crippen LogP contribution in [0.1, 0.15) is 12.2 Å². The molecule has 1 amide bonds. The van der Waals surface area contributed by atoms with E-state index in [1.54, 1.807) is 61.2 Å². The minimum absolute atomic E-state index is 0.0459. The van der Waals surface area contributed by atoms with Gasteiger partial charge in [0.05, 0.1) is 31.0 Å². The SMILES string of the molecule is COc1ccc(OCc2nnc(SCC(=O)N(C)CCC#N)n2-c2ccccc2F)cc1. The van der Waals surface area contributed by atoms with Gasteiger partial charge in [-0.3, -0.25) is 9.36 Å². The van der Waals surface area contributed by atoms with Crippen molar-refractivity contribution in [2.75, 3.05) is 26.5 Å². The second kappa shape index (κ2) is 11.2. The van der Waals surface area contributed by atoms with E-state index in [-0.39, 0.29) is 30.4 Å². The fourth-order valence-electron chi connectivity index (χ4n) is 2.76. The average Bonchev–Trinajstić information content (AvgIpc) is 3.22. The van der Waals surface area contributed by atoms with E-state index in [2.05, 4.69) is 10.2 Å². The first-order valence-electron chi connectivity index (χ1n) is 9.73. The van der Waals surface area contributed by atoms with Crippen LogP contribution >= 0.6 is 11.8 Å². The smallest absolute Gasteiger partial charge is 0.232 e. The summed E-state index contributed by atoms with van der Waals surface area (Å²) in [5.74, 6) is 1.15. The van der Waals surface area contributed by atoms with Gasteiger partial charge >= 0.3 is 0 Å². The summed E-state index contributed by atoms with van der Waals surface area (Å²) in [6, 6.07) is 15.3. The van der Waals surface area contributed by atoms with E-state index in [1.165, 1.54) is 11.0 Å². The van der Waals surface area contributed by atoms with Crippen molar-refractivity contribution in [2.24, 2.45) is 0 Å². The van der Waals surface area contributed by atoms with E-state index >= 15 is 0 Å². The number of hydrogen-bond donors (Lipinski definition) is 0. The number of nitriles is 1. The molecule has 0 saturated carbocycles. The lowest BCUT2D eigenvalue weighted by Crippen LogP contribution is -2.29. The third-order valence-corrected chi connectivity index (χ3v) is 5.44. The molecule has 0 aliphatic carbocycles. The van der Waals surface area contributed by atoms with Gasteiger partial charge in [0.15, 0.2) is 11.0 Å². The number of amides is 1. The minimum Gasteiger partial charge on any atom is -0.497 e. The first kappa shape index (κ1) is 23.1. The predicted octanol–water partition coefficient (Wildman–Crippen LogP) is 3.46. The van der Waals surface area contributed by atoms with Gasteiger partial charge in [0.2, 0.25) is 5.91 Å². The van der Waals surface area contributed by atoms with Crippen molar-refractivity contribution in [1.82, 2.24) is 19.7 Å². The van der Waals surface area contributed by atoms with Crippen LogP contribution in [0.5, 0.6) is 11.5 Å². The quantitative estimate of drug-likeness (QED) is 0.432. The van der Waals surface area contributed by atoms with E-state index in [0.29, 0.717) is 29.0 Å². The number of rotatable bonds is 10. The molecule has 10 heteroatoms. The number of halogens is 1. The van der Waals surface area contributed by atoms with Gasteiger partial charge in [-0.25, -0.2) is 4.39 Å². The zero-order chi connectivity index (χ0) is 22.9. The molecule has 0 N–H and O–H groups in total. The summed E-state index contributed by atoms with van der Waals surface area (Å²) in [4.78, 5) is 13.8. The normalized spacial score (nSPS) is 10.4. The average molecular weight is 456 g/mol. The zero-order valence-corrected chi connectivity index (χ0v) is 18.5. The molecule has 0 bridgehead atoms. The summed E-state index contributed by atoms with van der Waals surface area (Å²) in [6.45, 7) is 0.390. The number of nitrogens with zero attached hydrogens (tertiary/aromatic N) is 5. The van der Waals surface area contributed by atoms with Gasteiger partial charge in [-0.2, -0.15) is 5.26 Å². The van der Waals surface area contributed by atoms with Crippen LogP contribution < -0.4 is 9.47 Å². The van der Waals surface area contributed by atoms with Crippen molar-refractivity contribution >= 4 is 17.7 Å². The summed E-state index contributed by atoms with van der Waals surface area (Å²) in [7, 11) is 3.22. The van der Waals surface area contributed by atoms with Crippen molar-refractivity contribution in [3.63, 3.8) is 0 Å². The van der Waals surface area contributed by atoms with Crippen LogP contribution in [-0.4, -0.2) is 52.0 Å². The number of carbonyl (C=O) groups excluding carboxylic acids is 1. The van der Waals surface area contributed by atoms with Crippen molar-refractivity contribution in [3.8, 4) is 23.3 Å². The van der Waals surface area contributed by atoms with Gasteiger partial charge in [-0.05, 0) is 36.4 Å². The van der Waals surface area contributed by atoms with Crippen LogP contribution in [0, 0.1) is 17.1 Å². The standard InChI is InChI=1S/C22H22FN5O3S/c1-27(13-5-12-24)21(29)15-32-22-26-25-20(28(22)19-7-4-3-6-18(19)23)14-31-17-10-8-16(30-2)9-11-17/h3-4,6-11H,5,13-15H2,1-2H3. The predicted molar refractivity (Wildman–Crippen MR) is 117 cm³/mol. The Balaban J connectivity index is 1.80. The summed E-state index contributed by atoms with van der Waals surface area (Å²) in [5, 5.41) is 17.4. The van der Waals surface area contributed by atoms with E-state index in [0.717, 1.165) is 11.8 Å². The summed E-state index contributed by atoms with van der Waals surface area (Å²) >= 11 is 1.14. The second-order valence-electron chi connectivity index (χ2n) is 6.66. The zero-order valence-electron chi connectivity index (χ0n) is 17.7. The Morgan fingerprint density at radius 2 is 1.91 bits per heavy atom. The topological polar surface area (TPSA) is 93.3 Å². The molecule has 0 atom stereocenters. The van der Waals surface area contributed by atoms with Gasteiger partial charge in [0, 0.05) is 13.6 Å². The second-order valence-corrected chi connectivity index (χ2v) is 7.60. The number of aromatic nitrogens is 3. The Morgan fingerprint density at radius 1 is 1.19 bits per heavy atom. The first-order chi connectivity index (χ1) is 15.5. The Bertz CT molecular complexity index is 1100. The molecule has 0 unspecified atom stereocenters. The maximum absolute atomic E-state index is 14.6. The van der Waals surface area contributed by atoms with Gasteiger partial charge < -0.3 is 14.4 Å². The molecule has 0 radical (unpaired) electrons. The van der Waals surface area contributed by atoms with Crippen LogP contribution in [0.2, 0.25) is 0 Å². The number of hydrogen-bond acceptors (Lipinski definition) is 7. The lowest BCUT2D eigenvalue weighted by Gasteiger charge is -2.15. The lowest BCUT2D eigenvalue weighted by molar-refractivity contribution is -0.127. The van der Waals surface area contributed by atoms with E-state index < -0.39 is 5.82 Å². The number of ether oxygens (including phenoxy) is 2. The van der Waals surface area contributed by atoms with Gasteiger partial charge in [0.1, 0.15) is 23.9 Å². The molecule has 0 spiro atoms. The number of thioether (sulfide) groups is 1. The Morgan fingerprint density at radius 3 is 2.59 bits per heavy atom. The highest BCUT2D eigenvalue weighted by molar-refractivity contribution is 7.99. The van der Waals surface area contributed by atoms with Crippen molar-refractivity contribution < 1.29 is 18.7 Å². The molecule has 0 aliphatic rings. The van der Waals surface area contributed by atoms with Crippen LogP contribution in [0.4, 0.5) is 4.39 Å². The number of methoxy groups -OCH3 is 1. The highest BCUT2D eigenvalue weighted by atomic mass is 32.2. The molecule has 3 aromatic rings. The molecule has 1 heterocycles. The van der Waals surface area contributed by atoms with E-state index in [4.69, 9.17) is 14.7 Å². The van der Waals surface area contributed by atoms with Gasteiger partial charge in [0.25, 0.3) is 0 Å². The first-order valence-corrected chi connectivity index (χ1v) is 10.7. The summed E-state index contributed by atoms with van der Waals surface area (Å²) in [6.07, 6.45) is 0.255. The summed E-state index contributed by atoms with van der Waals surface area (Å²) < 4.78 is 27.1. The largest absolute Gasteiger partial charge is 0.497 e. The Hall–Kier alpha value is -3.58. The number of para-hydroxylation sites is 1. The summed E-state index contributed by atoms with van der Waals surface area (Å²) in [5.41, 5.74) is 0.263. The molecule has 0 aliphatic heterocycles. The van der Waals surface area contributed by atoms with Crippen LogP contribution in [0.25, 0.3) is 5.69 Å². The van der Waals surface area contributed by atoms with Crippen molar-refractivity contribution in [2.45, 2.75) is 18.2 Å². The Labute approximate surface area is 189 Å². The third-order valence-electron chi connectivity index (χ3n) is 4.53.